The Hall–Kier alpha value is -2.74. The normalized spacial score (nSPS) is 11.8. The van der Waals surface area contributed by atoms with Gasteiger partial charge >= 0.3 is 0 Å². The number of para-hydroxylation sites is 1. The second-order valence-corrected chi connectivity index (χ2v) is 7.14. The smallest absolute Gasteiger partial charge is 0.0465 e. The van der Waals surface area contributed by atoms with E-state index in [-0.39, 0.29) is 0 Å². The Bertz CT molecular complexity index is 1130. The van der Waals surface area contributed by atoms with E-state index in [1.165, 1.54) is 5.39 Å². The molecule has 0 aliphatic carbocycles. The summed E-state index contributed by atoms with van der Waals surface area (Å²) in [5.74, 6) is 0. The van der Waals surface area contributed by atoms with Crippen LogP contribution >= 0.6 is 23.2 Å². The molecule has 0 bridgehead atoms. The lowest BCUT2D eigenvalue weighted by Crippen LogP contribution is -1.78. The number of nitrogens with one attached hydrogen (secondary N) is 1. The van der Waals surface area contributed by atoms with Crippen LogP contribution in [0.3, 0.4) is 0 Å². The van der Waals surface area contributed by atoms with E-state index in [0.29, 0.717) is 0 Å². The number of aromatic nitrogens is 1. The molecule has 1 heterocycles. The van der Waals surface area contributed by atoms with Crippen molar-refractivity contribution in [2.24, 2.45) is 0 Å². The number of aromatic amines is 1. The topological polar surface area (TPSA) is 15.8 Å². The van der Waals surface area contributed by atoms with Crippen molar-refractivity contribution >= 4 is 58.4 Å². The number of H-pyrrole nitrogens is 1. The van der Waals surface area contributed by atoms with E-state index in [0.717, 1.165) is 37.9 Å². The molecule has 0 atom stereocenters. The van der Waals surface area contributed by atoms with E-state index >= 15 is 0 Å². The number of halogens is 2. The van der Waals surface area contributed by atoms with Crippen LogP contribution in [-0.2, 0) is 0 Å². The predicted molar refractivity (Wildman–Crippen MR) is 119 cm³/mol. The van der Waals surface area contributed by atoms with Crippen molar-refractivity contribution in [2.45, 2.75) is 0 Å². The summed E-state index contributed by atoms with van der Waals surface area (Å²) < 4.78 is 0. The first-order valence-electron chi connectivity index (χ1n) is 8.67. The highest BCUT2D eigenvalue weighted by molar-refractivity contribution is 6.31. The molecular weight excluding hydrogens is 373 g/mol. The summed E-state index contributed by atoms with van der Waals surface area (Å²) in [5, 5.41) is 2.66. The summed E-state index contributed by atoms with van der Waals surface area (Å²) in [5.41, 5.74) is 5.49. The van der Waals surface area contributed by atoms with Crippen molar-refractivity contribution in [1.82, 2.24) is 4.98 Å². The summed E-state index contributed by atoms with van der Waals surface area (Å²) >= 11 is 12.1. The Labute approximate surface area is 168 Å². The van der Waals surface area contributed by atoms with Crippen molar-refractivity contribution < 1.29 is 0 Å². The largest absolute Gasteiger partial charge is 0.355 e. The summed E-state index contributed by atoms with van der Waals surface area (Å²) in [7, 11) is 0. The van der Waals surface area contributed by atoms with E-state index < -0.39 is 0 Å². The monoisotopic (exact) mass is 389 g/mol. The molecule has 27 heavy (non-hydrogen) atoms. The molecule has 0 unspecified atom stereocenters. The Morgan fingerprint density at radius 3 is 2.22 bits per heavy atom. The highest BCUT2D eigenvalue weighted by Crippen LogP contribution is 2.26. The van der Waals surface area contributed by atoms with Gasteiger partial charge in [0.05, 0.1) is 0 Å². The van der Waals surface area contributed by atoms with Crippen LogP contribution in [0.15, 0.2) is 72.8 Å². The zero-order valence-corrected chi connectivity index (χ0v) is 16.0. The van der Waals surface area contributed by atoms with E-state index in [2.05, 4.69) is 47.5 Å². The average Bonchev–Trinajstić information content (AvgIpc) is 3.03. The van der Waals surface area contributed by atoms with Crippen LogP contribution in [0.4, 0.5) is 0 Å². The Morgan fingerprint density at radius 1 is 0.630 bits per heavy atom. The van der Waals surface area contributed by atoms with Crippen LogP contribution in [0, 0.1) is 0 Å². The lowest BCUT2D eigenvalue weighted by Gasteiger charge is -1.98. The summed E-state index contributed by atoms with van der Waals surface area (Å²) in [4.78, 5) is 3.50. The molecule has 0 amide bonds. The van der Waals surface area contributed by atoms with Gasteiger partial charge in [0.15, 0.2) is 0 Å². The van der Waals surface area contributed by atoms with Gasteiger partial charge in [0, 0.05) is 32.2 Å². The molecule has 0 saturated carbocycles. The van der Waals surface area contributed by atoms with Gasteiger partial charge in [-0.1, -0.05) is 83.9 Å². The minimum atomic E-state index is 0.735. The highest BCUT2D eigenvalue weighted by Gasteiger charge is 2.06. The Morgan fingerprint density at radius 2 is 1.41 bits per heavy atom. The number of rotatable bonds is 4. The van der Waals surface area contributed by atoms with Gasteiger partial charge in [0.25, 0.3) is 0 Å². The Balaban J connectivity index is 1.74. The van der Waals surface area contributed by atoms with Gasteiger partial charge < -0.3 is 4.98 Å². The molecule has 4 aromatic rings. The van der Waals surface area contributed by atoms with Crippen molar-refractivity contribution in [3.05, 3.63) is 105 Å². The summed E-state index contributed by atoms with van der Waals surface area (Å²) in [6.45, 7) is 0. The van der Waals surface area contributed by atoms with Crippen LogP contribution in [-0.4, -0.2) is 4.98 Å². The lowest BCUT2D eigenvalue weighted by atomic mass is 10.1. The molecule has 0 saturated heterocycles. The Kier molecular flexibility index (Phi) is 5.15. The molecule has 4 rings (SSSR count). The van der Waals surface area contributed by atoms with Crippen LogP contribution in [0.1, 0.15) is 22.4 Å². The first-order valence-corrected chi connectivity index (χ1v) is 9.43. The molecular formula is C24H17Cl2N. The van der Waals surface area contributed by atoms with Gasteiger partial charge in [0.2, 0.25) is 0 Å². The first kappa shape index (κ1) is 17.7. The summed E-state index contributed by atoms with van der Waals surface area (Å²) in [6, 6.07) is 23.9. The number of hydrogen-bond acceptors (Lipinski definition) is 0. The second-order valence-electron chi connectivity index (χ2n) is 6.27. The number of hydrogen-bond donors (Lipinski definition) is 1. The van der Waals surface area contributed by atoms with E-state index in [9.17, 15) is 0 Å². The molecule has 132 valence electrons. The quantitative estimate of drug-likeness (QED) is 0.366. The maximum absolute atomic E-state index is 6.10. The third-order valence-electron chi connectivity index (χ3n) is 4.38. The van der Waals surface area contributed by atoms with Crippen molar-refractivity contribution in [3.8, 4) is 0 Å². The van der Waals surface area contributed by atoms with Crippen molar-refractivity contribution in [3.63, 3.8) is 0 Å². The number of benzene rings is 3. The van der Waals surface area contributed by atoms with Gasteiger partial charge in [-0.15, -0.1) is 0 Å². The fourth-order valence-electron chi connectivity index (χ4n) is 3.04. The predicted octanol–water partition coefficient (Wildman–Crippen LogP) is 7.82. The molecule has 0 fully saturated rings. The zero-order chi connectivity index (χ0) is 18.6. The minimum Gasteiger partial charge on any atom is -0.355 e. The van der Waals surface area contributed by atoms with Crippen molar-refractivity contribution in [1.29, 1.82) is 0 Å². The van der Waals surface area contributed by atoms with Gasteiger partial charge in [-0.05, 0) is 47.5 Å². The second kappa shape index (κ2) is 7.87. The fourth-order valence-corrected chi connectivity index (χ4v) is 3.36. The summed E-state index contributed by atoms with van der Waals surface area (Å²) in [6.07, 6.45) is 8.39. The molecule has 0 aliphatic heterocycles. The van der Waals surface area contributed by atoms with Gasteiger partial charge in [0.1, 0.15) is 0 Å². The van der Waals surface area contributed by atoms with E-state index in [1.807, 2.05) is 54.6 Å². The van der Waals surface area contributed by atoms with Gasteiger partial charge in [-0.25, -0.2) is 0 Å². The average molecular weight is 390 g/mol. The van der Waals surface area contributed by atoms with Gasteiger partial charge in [-0.2, -0.15) is 0 Å². The van der Waals surface area contributed by atoms with Crippen LogP contribution in [0.5, 0.6) is 0 Å². The van der Waals surface area contributed by atoms with Crippen LogP contribution in [0.2, 0.25) is 10.0 Å². The molecule has 3 heteroatoms. The SMILES string of the molecule is Clc1ccc(/C=C/c2[nH]c3ccccc3c2/C=C/c2cccc(Cl)c2)cc1. The van der Waals surface area contributed by atoms with E-state index in [4.69, 9.17) is 23.2 Å². The van der Waals surface area contributed by atoms with E-state index in [1.54, 1.807) is 0 Å². The number of fused-ring (bicyclic) bond motifs is 1. The maximum Gasteiger partial charge on any atom is 0.0465 e. The third kappa shape index (κ3) is 4.16. The van der Waals surface area contributed by atoms with Crippen LogP contribution < -0.4 is 0 Å². The van der Waals surface area contributed by atoms with Crippen molar-refractivity contribution in [2.75, 3.05) is 0 Å². The zero-order valence-electron chi connectivity index (χ0n) is 14.5. The minimum absolute atomic E-state index is 0.735. The van der Waals surface area contributed by atoms with Gasteiger partial charge in [-0.3, -0.25) is 0 Å². The van der Waals surface area contributed by atoms with Crippen LogP contribution in [0.25, 0.3) is 35.2 Å². The highest BCUT2D eigenvalue weighted by atomic mass is 35.5. The molecule has 1 aromatic heterocycles. The lowest BCUT2D eigenvalue weighted by molar-refractivity contribution is 1.42. The standard InChI is InChI=1S/C24H17Cl2N/c25-19-12-8-17(9-13-19)11-15-24-22(21-6-1-2-7-23(21)27-24)14-10-18-4-3-5-20(26)16-18/h1-16,27H/b14-10+,15-11+. The molecule has 0 spiro atoms. The first-order chi connectivity index (χ1) is 13.2. The molecule has 1 nitrogen and oxygen atoms in total. The third-order valence-corrected chi connectivity index (χ3v) is 4.87. The fraction of sp³-hybridized carbons (Fsp3) is 0. The molecule has 1 N–H and O–H groups in total. The maximum atomic E-state index is 6.10. The molecule has 0 radical (unpaired) electrons. The molecule has 3 aromatic carbocycles. The molecule has 0 aliphatic rings.